The summed E-state index contributed by atoms with van der Waals surface area (Å²) in [7, 11) is 0. The minimum absolute atomic E-state index is 0.241. The van der Waals surface area contributed by atoms with Crippen molar-refractivity contribution < 1.29 is 18.6 Å². The van der Waals surface area contributed by atoms with E-state index in [2.05, 4.69) is 11.4 Å². The average molecular weight is 365 g/mol. The highest BCUT2D eigenvalue weighted by Gasteiger charge is 2.12. The van der Waals surface area contributed by atoms with Crippen molar-refractivity contribution in [1.29, 1.82) is 0 Å². The highest BCUT2D eigenvalue weighted by atomic mass is 19.1. The van der Waals surface area contributed by atoms with Crippen LogP contribution in [0.4, 0.5) is 4.39 Å². The average Bonchev–Trinajstić information content (AvgIpc) is 3.16. The molecule has 1 aliphatic rings. The van der Waals surface area contributed by atoms with E-state index in [4.69, 9.17) is 14.2 Å². The van der Waals surface area contributed by atoms with Crippen LogP contribution in [0, 0.1) is 5.82 Å². The van der Waals surface area contributed by atoms with Gasteiger partial charge in [0.1, 0.15) is 18.2 Å². The van der Waals surface area contributed by atoms with E-state index < -0.39 is 0 Å². The van der Waals surface area contributed by atoms with E-state index in [-0.39, 0.29) is 12.6 Å². The maximum absolute atomic E-state index is 12.9. The molecule has 0 spiro atoms. The molecule has 1 N–H and O–H groups in total. The molecule has 3 aromatic carbocycles. The predicted molar refractivity (Wildman–Crippen MR) is 100 cm³/mol. The first-order chi connectivity index (χ1) is 13.3. The summed E-state index contributed by atoms with van der Waals surface area (Å²) in [6.07, 6.45) is 0. The zero-order valence-corrected chi connectivity index (χ0v) is 14.8. The molecule has 0 fully saturated rings. The first kappa shape index (κ1) is 17.4. The van der Waals surface area contributed by atoms with Crippen LogP contribution >= 0.6 is 0 Å². The number of benzene rings is 3. The lowest BCUT2D eigenvalue weighted by Crippen LogP contribution is -2.12. The summed E-state index contributed by atoms with van der Waals surface area (Å²) >= 11 is 0. The van der Waals surface area contributed by atoms with Gasteiger partial charge in [0, 0.05) is 13.1 Å². The van der Waals surface area contributed by atoms with E-state index in [1.807, 2.05) is 36.4 Å². The van der Waals surface area contributed by atoms with Crippen LogP contribution in [0.1, 0.15) is 16.7 Å². The van der Waals surface area contributed by atoms with Gasteiger partial charge in [-0.05, 0) is 53.1 Å². The Hall–Kier alpha value is -3.05. The first-order valence-corrected chi connectivity index (χ1v) is 8.82. The van der Waals surface area contributed by atoms with Crippen LogP contribution in [0.15, 0.2) is 66.7 Å². The molecule has 0 saturated heterocycles. The predicted octanol–water partition coefficient (Wildman–Crippen LogP) is 4.42. The van der Waals surface area contributed by atoms with Crippen molar-refractivity contribution in [2.75, 3.05) is 6.79 Å². The topological polar surface area (TPSA) is 39.7 Å². The molecule has 5 heteroatoms. The minimum atomic E-state index is -0.241. The lowest BCUT2D eigenvalue weighted by Gasteiger charge is -2.10. The second-order valence-electron chi connectivity index (χ2n) is 6.35. The lowest BCUT2D eigenvalue weighted by atomic mass is 10.2. The molecular weight excluding hydrogens is 345 g/mol. The Bertz CT molecular complexity index is 912. The molecule has 138 valence electrons. The van der Waals surface area contributed by atoms with Gasteiger partial charge in [0.2, 0.25) is 6.79 Å². The largest absolute Gasteiger partial charge is 0.489 e. The number of ether oxygens (including phenoxy) is 3. The van der Waals surface area contributed by atoms with Crippen LogP contribution in [0.5, 0.6) is 17.2 Å². The number of hydrogen-bond donors (Lipinski definition) is 1. The number of hydrogen-bond acceptors (Lipinski definition) is 4. The van der Waals surface area contributed by atoms with Crippen LogP contribution in [0.2, 0.25) is 0 Å². The van der Waals surface area contributed by atoms with Gasteiger partial charge in [0.15, 0.2) is 11.5 Å². The lowest BCUT2D eigenvalue weighted by molar-refractivity contribution is 0.174. The van der Waals surface area contributed by atoms with Crippen LogP contribution in [0.25, 0.3) is 0 Å². The van der Waals surface area contributed by atoms with Gasteiger partial charge in [-0.3, -0.25) is 0 Å². The molecular formula is C22H20FNO3. The molecule has 3 aromatic rings. The third-order valence-corrected chi connectivity index (χ3v) is 4.31. The van der Waals surface area contributed by atoms with Crippen LogP contribution in [0.3, 0.4) is 0 Å². The molecule has 0 amide bonds. The van der Waals surface area contributed by atoms with Crippen LogP contribution < -0.4 is 19.5 Å². The van der Waals surface area contributed by atoms with Gasteiger partial charge < -0.3 is 19.5 Å². The zero-order valence-electron chi connectivity index (χ0n) is 14.8. The molecule has 4 rings (SSSR count). The fourth-order valence-electron chi connectivity index (χ4n) is 2.89. The number of fused-ring (bicyclic) bond motifs is 1. The molecule has 1 aliphatic heterocycles. The quantitative estimate of drug-likeness (QED) is 0.673. The second kappa shape index (κ2) is 8.10. The molecule has 0 radical (unpaired) electrons. The monoisotopic (exact) mass is 365 g/mol. The molecule has 0 unspecified atom stereocenters. The number of nitrogens with one attached hydrogen (secondary N) is 1. The molecule has 1 heterocycles. The molecule has 0 aliphatic carbocycles. The summed E-state index contributed by atoms with van der Waals surface area (Å²) in [6.45, 7) is 2.16. The fraction of sp³-hybridized carbons (Fsp3) is 0.182. The van der Waals surface area contributed by atoms with Crippen molar-refractivity contribution in [2.24, 2.45) is 0 Å². The fourth-order valence-corrected chi connectivity index (χ4v) is 2.89. The third-order valence-electron chi connectivity index (χ3n) is 4.31. The van der Waals surface area contributed by atoms with Gasteiger partial charge in [-0.25, -0.2) is 4.39 Å². The maximum atomic E-state index is 12.9. The van der Waals surface area contributed by atoms with E-state index in [1.54, 1.807) is 12.1 Å². The van der Waals surface area contributed by atoms with E-state index in [1.165, 1.54) is 12.1 Å². The minimum Gasteiger partial charge on any atom is -0.489 e. The van der Waals surface area contributed by atoms with Crippen molar-refractivity contribution in [3.63, 3.8) is 0 Å². The standard InChI is InChI=1S/C22H20FNO3/c23-19-7-4-16(5-8-19)14-25-20-3-1-2-17(10-20)12-24-13-18-6-9-21-22(11-18)27-15-26-21/h1-11,24H,12-15H2. The smallest absolute Gasteiger partial charge is 0.231 e. The normalized spacial score (nSPS) is 12.2. The van der Waals surface area contributed by atoms with Crippen LogP contribution in [-0.4, -0.2) is 6.79 Å². The SMILES string of the molecule is Fc1ccc(COc2cccc(CNCc3ccc4c(c3)OCO4)c2)cc1. The number of halogens is 1. The Morgan fingerprint density at radius 1 is 0.815 bits per heavy atom. The van der Waals surface area contributed by atoms with Gasteiger partial charge in [0.25, 0.3) is 0 Å². The Kier molecular flexibility index (Phi) is 5.21. The summed E-state index contributed by atoms with van der Waals surface area (Å²) in [5.41, 5.74) is 3.21. The van der Waals surface area contributed by atoms with Crippen LogP contribution in [-0.2, 0) is 19.7 Å². The van der Waals surface area contributed by atoms with E-state index in [9.17, 15) is 4.39 Å². The van der Waals surface area contributed by atoms with Crippen molar-refractivity contribution in [1.82, 2.24) is 5.32 Å². The van der Waals surface area contributed by atoms with Crippen molar-refractivity contribution >= 4 is 0 Å². The van der Waals surface area contributed by atoms with Gasteiger partial charge in [-0.1, -0.05) is 30.3 Å². The summed E-state index contributed by atoms with van der Waals surface area (Å²) in [6, 6.07) is 20.3. The molecule has 0 atom stereocenters. The molecule has 0 saturated carbocycles. The van der Waals surface area contributed by atoms with E-state index in [0.717, 1.165) is 47.0 Å². The van der Waals surface area contributed by atoms with Crippen molar-refractivity contribution in [2.45, 2.75) is 19.7 Å². The summed E-state index contributed by atoms with van der Waals surface area (Å²) in [5, 5.41) is 3.42. The van der Waals surface area contributed by atoms with Crippen molar-refractivity contribution in [3.05, 3.63) is 89.2 Å². The van der Waals surface area contributed by atoms with Crippen molar-refractivity contribution in [3.8, 4) is 17.2 Å². The Morgan fingerprint density at radius 3 is 2.41 bits per heavy atom. The summed E-state index contributed by atoms with van der Waals surface area (Å²) in [4.78, 5) is 0. The summed E-state index contributed by atoms with van der Waals surface area (Å²) in [5.74, 6) is 2.14. The highest BCUT2D eigenvalue weighted by molar-refractivity contribution is 5.44. The highest BCUT2D eigenvalue weighted by Crippen LogP contribution is 2.32. The Labute approximate surface area is 157 Å². The first-order valence-electron chi connectivity index (χ1n) is 8.82. The molecule has 0 aromatic heterocycles. The molecule has 27 heavy (non-hydrogen) atoms. The maximum Gasteiger partial charge on any atom is 0.231 e. The molecule has 4 nitrogen and oxygen atoms in total. The van der Waals surface area contributed by atoms with E-state index >= 15 is 0 Å². The zero-order chi connectivity index (χ0) is 18.5. The van der Waals surface area contributed by atoms with Gasteiger partial charge in [-0.2, -0.15) is 0 Å². The third kappa shape index (κ3) is 4.57. The van der Waals surface area contributed by atoms with Gasteiger partial charge in [-0.15, -0.1) is 0 Å². The Balaban J connectivity index is 1.29. The molecule has 0 bridgehead atoms. The van der Waals surface area contributed by atoms with Gasteiger partial charge in [0.05, 0.1) is 0 Å². The Morgan fingerprint density at radius 2 is 1.56 bits per heavy atom. The second-order valence-corrected chi connectivity index (χ2v) is 6.35. The van der Waals surface area contributed by atoms with Gasteiger partial charge >= 0.3 is 0 Å². The van der Waals surface area contributed by atoms with E-state index in [0.29, 0.717) is 6.61 Å². The number of rotatable bonds is 7. The summed E-state index contributed by atoms with van der Waals surface area (Å²) < 4.78 is 29.5.